The number of aliphatic hydroxyl groups is 1. The van der Waals surface area contributed by atoms with Gasteiger partial charge in [0, 0.05) is 17.9 Å². The van der Waals surface area contributed by atoms with Crippen LogP contribution in [0.1, 0.15) is 34.5 Å². The van der Waals surface area contributed by atoms with Crippen LogP contribution in [0.4, 0.5) is 0 Å². The number of pyridine rings is 1. The second-order valence-electron chi connectivity index (χ2n) is 6.29. The fourth-order valence-corrected chi connectivity index (χ4v) is 3.13. The van der Waals surface area contributed by atoms with Crippen LogP contribution in [0.25, 0.3) is 0 Å². The molecular weight excluding hydrogens is 288 g/mol. The van der Waals surface area contributed by atoms with Crippen molar-refractivity contribution < 1.29 is 9.90 Å². The number of rotatable bonds is 5. The van der Waals surface area contributed by atoms with Crippen LogP contribution in [0.15, 0.2) is 48.7 Å². The maximum absolute atomic E-state index is 12.6. The van der Waals surface area contributed by atoms with Crippen molar-refractivity contribution in [1.29, 1.82) is 0 Å². The Bertz CT molecular complexity index is 666. The molecule has 0 unspecified atom stereocenters. The minimum absolute atomic E-state index is 0.0351. The van der Waals surface area contributed by atoms with E-state index < -0.39 is 0 Å². The van der Waals surface area contributed by atoms with Gasteiger partial charge in [0.05, 0.1) is 11.7 Å². The summed E-state index contributed by atoms with van der Waals surface area (Å²) in [6.07, 6.45) is 3.75. The van der Waals surface area contributed by atoms with E-state index >= 15 is 0 Å². The Balaban J connectivity index is 1.73. The summed E-state index contributed by atoms with van der Waals surface area (Å²) in [6, 6.07) is 13.8. The van der Waals surface area contributed by atoms with Gasteiger partial charge >= 0.3 is 0 Å². The predicted molar refractivity (Wildman–Crippen MR) is 89.1 cm³/mol. The number of aryl methyl sites for hydroxylation is 1. The Labute approximate surface area is 136 Å². The van der Waals surface area contributed by atoms with Gasteiger partial charge in [0.25, 0.3) is 5.91 Å². The number of carbonyl (C=O) groups is 1. The Morgan fingerprint density at radius 3 is 2.65 bits per heavy atom. The van der Waals surface area contributed by atoms with Crippen LogP contribution in [-0.4, -0.2) is 28.1 Å². The summed E-state index contributed by atoms with van der Waals surface area (Å²) in [5.41, 5.74) is 2.55. The van der Waals surface area contributed by atoms with Crippen LogP contribution in [0.3, 0.4) is 0 Å². The van der Waals surface area contributed by atoms with Crippen molar-refractivity contribution in [3.05, 3.63) is 65.5 Å². The van der Waals surface area contributed by atoms with E-state index in [2.05, 4.69) is 22.4 Å². The molecule has 1 aromatic heterocycles. The van der Waals surface area contributed by atoms with Crippen LogP contribution in [-0.2, 0) is 6.42 Å². The molecule has 2 aromatic rings. The van der Waals surface area contributed by atoms with Crippen LogP contribution < -0.4 is 5.32 Å². The monoisotopic (exact) mass is 310 g/mol. The van der Waals surface area contributed by atoms with Gasteiger partial charge in [-0.25, -0.2) is 0 Å². The molecule has 1 aromatic carbocycles. The number of benzene rings is 1. The average molecular weight is 310 g/mol. The standard InChI is InChI=1S/C19H22N2O2/c1-13-17(8-5-9-20-13)19(23)21-18(15-11-16(22)12-15)10-14-6-3-2-4-7-14/h2-9,15-16,18,22H,10-12H2,1H3,(H,21,23)/t15?,16?,18-/m0/s1. The first-order chi connectivity index (χ1) is 11.1. The summed E-state index contributed by atoms with van der Waals surface area (Å²) >= 11 is 0. The van der Waals surface area contributed by atoms with E-state index in [1.807, 2.05) is 25.1 Å². The number of hydrogen-bond donors (Lipinski definition) is 2. The third-order valence-electron chi connectivity index (χ3n) is 4.59. The van der Waals surface area contributed by atoms with E-state index in [4.69, 9.17) is 0 Å². The molecule has 1 saturated carbocycles. The molecule has 120 valence electrons. The van der Waals surface area contributed by atoms with Gasteiger partial charge in [0.2, 0.25) is 0 Å². The third-order valence-corrected chi connectivity index (χ3v) is 4.59. The number of amides is 1. The molecule has 1 fully saturated rings. The Morgan fingerprint density at radius 2 is 2.00 bits per heavy atom. The normalized spacial score (nSPS) is 21.3. The van der Waals surface area contributed by atoms with E-state index in [1.54, 1.807) is 18.3 Å². The molecule has 0 bridgehead atoms. The van der Waals surface area contributed by atoms with Crippen molar-refractivity contribution >= 4 is 5.91 Å². The van der Waals surface area contributed by atoms with E-state index in [-0.39, 0.29) is 18.1 Å². The smallest absolute Gasteiger partial charge is 0.253 e. The topological polar surface area (TPSA) is 62.2 Å². The fraction of sp³-hybridized carbons (Fsp3) is 0.368. The lowest BCUT2D eigenvalue weighted by molar-refractivity contribution is 0.0239. The first kappa shape index (κ1) is 15.7. The molecule has 0 spiro atoms. The van der Waals surface area contributed by atoms with Gasteiger partial charge in [0.1, 0.15) is 0 Å². The predicted octanol–water partition coefficient (Wildman–Crippen LogP) is 2.50. The fourth-order valence-electron chi connectivity index (χ4n) is 3.13. The maximum atomic E-state index is 12.6. The number of nitrogens with zero attached hydrogens (tertiary/aromatic N) is 1. The van der Waals surface area contributed by atoms with Crippen molar-refractivity contribution in [2.24, 2.45) is 5.92 Å². The number of nitrogens with one attached hydrogen (secondary N) is 1. The molecule has 1 heterocycles. The lowest BCUT2D eigenvalue weighted by Gasteiger charge is -2.38. The van der Waals surface area contributed by atoms with Crippen molar-refractivity contribution in [1.82, 2.24) is 10.3 Å². The molecule has 0 aliphatic heterocycles. The number of aromatic nitrogens is 1. The Hall–Kier alpha value is -2.20. The van der Waals surface area contributed by atoms with Crippen molar-refractivity contribution in [3.63, 3.8) is 0 Å². The summed E-state index contributed by atoms with van der Waals surface area (Å²) in [7, 11) is 0. The largest absolute Gasteiger partial charge is 0.393 e. The number of carbonyl (C=O) groups excluding carboxylic acids is 1. The molecule has 1 atom stereocenters. The van der Waals surface area contributed by atoms with E-state index in [0.717, 1.165) is 25.0 Å². The molecule has 1 aliphatic rings. The second kappa shape index (κ2) is 6.92. The van der Waals surface area contributed by atoms with Gasteiger partial charge in [0.15, 0.2) is 0 Å². The van der Waals surface area contributed by atoms with Crippen molar-refractivity contribution in [3.8, 4) is 0 Å². The van der Waals surface area contributed by atoms with E-state index in [0.29, 0.717) is 11.5 Å². The minimum Gasteiger partial charge on any atom is -0.393 e. The third kappa shape index (κ3) is 3.77. The highest BCUT2D eigenvalue weighted by molar-refractivity contribution is 5.95. The van der Waals surface area contributed by atoms with Crippen molar-refractivity contribution in [2.75, 3.05) is 0 Å². The molecule has 4 nitrogen and oxygen atoms in total. The summed E-state index contributed by atoms with van der Waals surface area (Å²) in [5.74, 6) is 0.240. The van der Waals surface area contributed by atoms with Gasteiger partial charge < -0.3 is 10.4 Å². The van der Waals surface area contributed by atoms with Gasteiger partial charge in [-0.2, -0.15) is 0 Å². The van der Waals surface area contributed by atoms with Gasteiger partial charge in [-0.05, 0) is 49.8 Å². The zero-order valence-electron chi connectivity index (χ0n) is 13.3. The molecule has 1 aliphatic carbocycles. The van der Waals surface area contributed by atoms with Crippen LogP contribution in [0.5, 0.6) is 0 Å². The highest BCUT2D eigenvalue weighted by Crippen LogP contribution is 2.32. The molecule has 0 saturated heterocycles. The van der Waals surface area contributed by atoms with Gasteiger partial charge in [-0.3, -0.25) is 9.78 Å². The quantitative estimate of drug-likeness (QED) is 0.892. The Morgan fingerprint density at radius 1 is 1.26 bits per heavy atom. The number of hydrogen-bond acceptors (Lipinski definition) is 3. The lowest BCUT2D eigenvalue weighted by atomic mass is 9.75. The average Bonchev–Trinajstić information content (AvgIpc) is 2.52. The lowest BCUT2D eigenvalue weighted by Crippen LogP contribution is -2.48. The van der Waals surface area contributed by atoms with E-state index in [9.17, 15) is 9.90 Å². The number of aliphatic hydroxyl groups excluding tert-OH is 1. The molecule has 3 rings (SSSR count). The first-order valence-corrected chi connectivity index (χ1v) is 8.08. The van der Waals surface area contributed by atoms with E-state index in [1.165, 1.54) is 5.56 Å². The maximum Gasteiger partial charge on any atom is 0.253 e. The molecule has 2 N–H and O–H groups in total. The molecule has 4 heteroatoms. The molecule has 0 radical (unpaired) electrons. The second-order valence-corrected chi connectivity index (χ2v) is 6.29. The van der Waals surface area contributed by atoms with Crippen LogP contribution >= 0.6 is 0 Å². The minimum atomic E-state index is -0.227. The van der Waals surface area contributed by atoms with Gasteiger partial charge in [-0.1, -0.05) is 30.3 Å². The molecule has 1 amide bonds. The van der Waals surface area contributed by atoms with Gasteiger partial charge in [-0.15, -0.1) is 0 Å². The van der Waals surface area contributed by atoms with Crippen LogP contribution in [0, 0.1) is 12.8 Å². The SMILES string of the molecule is Cc1ncccc1C(=O)N[C@@H](Cc1ccccc1)C1CC(O)C1. The Kier molecular flexibility index (Phi) is 4.72. The zero-order valence-corrected chi connectivity index (χ0v) is 13.3. The van der Waals surface area contributed by atoms with Crippen molar-refractivity contribution in [2.45, 2.75) is 38.3 Å². The van der Waals surface area contributed by atoms with Crippen LogP contribution in [0.2, 0.25) is 0 Å². The molecular formula is C19H22N2O2. The highest BCUT2D eigenvalue weighted by Gasteiger charge is 2.35. The summed E-state index contributed by atoms with van der Waals surface area (Å²) in [4.78, 5) is 16.8. The highest BCUT2D eigenvalue weighted by atomic mass is 16.3. The summed E-state index contributed by atoms with van der Waals surface area (Å²) in [5, 5.41) is 12.8. The first-order valence-electron chi connectivity index (χ1n) is 8.08. The summed E-state index contributed by atoms with van der Waals surface area (Å²) < 4.78 is 0. The summed E-state index contributed by atoms with van der Waals surface area (Å²) in [6.45, 7) is 1.84. The molecule has 23 heavy (non-hydrogen) atoms. The zero-order chi connectivity index (χ0) is 16.2.